The number of halogens is 3. The minimum Gasteiger partial charge on any atom is -0.481 e. The van der Waals surface area contributed by atoms with Crippen molar-refractivity contribution in [2.75, 3.05) is 6.54 Å². The van der Waals surface area contributed by atoms with Crippen LogP contribution in [0.2, 0.25) is 0 Å². The molecule has 1 aliphatic heterocycles. The number of thioether (sulfide) groups is 1. The van der Waals surface area contributed by atoms with E-state index >= 15 is 0 Å². The van der Waals surface area contributed by atoms with Gasteiger partial charge in [-0.2, -0.15) is 0 Å². The van der Waals surface area contributed by atoms with E-state index in [0.717, 1.165) is 11.8 Å². The van der Waals surface area contributed by atoms with Gasteiger partial charge in [0.15, 0.2) is 0 Å². The Hall–Kier alpha value is -1.52. The quantitative estimate of drug-likeness (QED) is 0.257. The van der Waals surface area contributed by atoms with Gasteiger partial charge in [0.25, 0.3) is 5.91 Å². The molecule has 1 aromatic rings. The Morgan fingerprint density at radius 3 is 2.48 bits per heavy atom. The molecule has 2 N–H and O–H groups in total. The predicted octanol–water partition coefficient (Wildman–Crippen LogP) is 3.57. The molecule has 0 aromatic heterocycles. The molecule has 1 heterocycles. The first-order valence-corrected chi connectivity index (χ1v) is 10.4. The molecule has 0 spiro atoms. The summed E-state index contributed by atoms with van der Waals surface area (Å²) >= 11 is 23.7. The topological polar surface area (TPSA) is 95.9 Å². The second-order valence-electron chi connectivity index (χ2n) is 5.79. The number of carboxylic acids is 1. The fourth-order valence-corrected chi connectivity index (χ4v) is 3.80. The maximum atomic E-state index is 12.4. The first-order chi connectivity index (χ1) is 13.5. The Kier molecular flexibility index (Phi) is 8.18. The molecule has 1 unspecified atom stereocenters. The number of ether oxygens (including phenoxy) is 1. The van der Waals surface area contributed by atoms with Crippen LogP contribution >= 0.6 is 58.8 Å². The lowest BCUT2D eigenvalue weighted by Crippen LogP contribution is -2.47. The molecule has 1 aromatic carbocycles. The van der Waals surface area contributed by atoms with Crippen LogP contribution in [-0.4, -0.2) is 48.7 Å². The average Bonchev–Trinajstić information content (AvgIpc) is 2.86. The van der Waals surface area contributed by atoms with Crippen molar-refractivity contribution in [3.05, 3.63) is 34.7 Å². The molecule has 12 heteroatoms. The van der Waals surface area contributed by atoms with E-state index in [2.05, 4.69) is 5.32 Å². The number of thiocarbonyl (C=S) groups is 1. The Morgan fingerprint density at radius 1 is 1.34 bits per heavy atom. The van der Waals surface area contributed by atoms with Crippen molar-refractivity contribution in [2.24, 2.45) is 0 Å². The van der Waals surface area contributed by atoms with Gasteiger partial charge in [-0.3, -0.25) is 19.3 Å². The Bertz CT molecular complexity index is 856. The minimum atomic E-state index is -1.88. The van der Waals surface area contributed by atoms with Crippen molar-refractivity contribution in [1.29, 1.82) is 0 Å². The van der Waals surface area contributed by atoms with Crippen molar-refractivity contribution in [3.8, 4) is 5.75 Å². The zero-order chi connectivity index (χ0) is 21.8. The summed E-state index contributed by atoms with van der Waals surface area (Å²) in [5, 5.41) is 11.2. The lowest BCUT2D eigenvalue weighted by molar-refractivity contribution is -0.137. The lowest BCUT2D eigenvalue weighted by Gasteiger charge is -2.25. The van der Waals surface area contributed by atoms with Gasteiger partial charge in [0.1, 0.15) is 10.1 Å². The summed E-state index contributed by atoms with van der Waals surface area (Å²) in [7, 11) is 0. The second-order valence-corrected chi connectivity index (χ2v) is 9.83. The average molecular weight is 498 g/mol. The SMILES string of the molecule is CC(=O)NC(Oc1ccc(/C=C2\SC(=S)N(CCC(=O)O)C2=O)cc1)C(Cl)(Cl)Cl. The summed E-state index contributed by atoms with van der Waals surface area (Å²) in [5.74, 6) is -1.45. The third-order valence-corrected chi connectivity index (χ3v) is 5.46. The predicted molar refractivity (Wildman–Crippen MR) is 117 cm³/mol. The van der Waals surface area contributed by atoms with Gasteiger partial charge in [0.2, 0.25) is 15.9 Å². The van der Waals surface area contributed by atoms with Gasteiger partial charge in [-0.1, -0.05) is 70.9 Å². The molecule has 29 heavy (non-hydrogen) atoms. The van der Waals surface area contributed by atoms with Crippen LogP contribution in [0.5, 0.6) is 5.75 Å². The van der Waals surface area contributed by atoms with E-state index in [1.54, 1.807) is 30.3 Å². The number of carbonyl (C=O) groups excluding carboxylic acids is 2. The third-order valence-electron chi connectivity index (χ3n) is 3.49. The number of hydrogen-bond acceptors (Lipinski definition) is 6. The zero-order valence-corrected chi connectivity index (χ0v) is 18.8. The van der Waals surface area contributed by atoms with Crippen molar-refractivity contribution < 1.29 is 24.2 Å². The number of nitrogens with one attached hydrogen (secondary N) is 1. The Morgan fingerprint density at radius 2 is 1.97 bits per heavy atom. The molecule has 0 radical (unpaired) electrons. The van der Waals surface area contributed by atoms with E-state index in [1.807, 2.05) is 0 Å². The number of amides is 2. The fraction of sp³-hybridized carbons (Fsp3) is 0.294. The third kappa shape index (κ3) is 7.04. The Balaban J connectivity index is 2.10. The van der Waals surface area contributed by atoms with E-state index < -0.39 is 21.9 Å². The maximum Gasteiger partial charge on any atom is 0.305 e. The second kappa shape index (κ2) is 9.99. The van der Waals surface area contributed by atoms with Crippen molar-refractivity contribution in [2.45, 2.75) is 23.4 Å². The maximum absolute atomic E-state index is 12.4. The highest BCUT2D eigenvalue weighted by molar-refractivity contribution is 8.26. The molecular weight excluding hydrogens is 483 g/mol. The number of alkyl halides is 3. The highest BCUT2D eigenvalue weighted by Crippen LogP contribution is 2.34. The van der Waals surface area contributed by atoms with Crippen molar-refractivity contribution in [3.63, 3.8) is 0 Å². The van der Waals surface area contributed by atoms with E-state index in [9.17, 15) is 14.4 Å². The number of carboxylic acid groups (broad SMARTS) is 1. The van der Waals surface area contributed by atoms with Crippen LogP contribution in [0.15, 0.2) is 29.2 Å². The highest BCUT2D eigenvalue weighted by atomic mass is 35.6. The first kappa shape index (κ1) is 23.8. The van der Waals surface area contributed by atoms with E-state index in [0.29, 0.717) is 20.5 Å². The van der Waals surface area contributed by atoms with Gasteiger partial charge in [-0.15, -0.1) is 0 Å². The molecule has 1 aliphatic rings. The number of nitrogens with zero attached hydrogens (tertiary/aromatic N) is 1. The van der Waals surface area contributed by atoms with Crippen LogP contribution < -0.4 is 10.1 Å². The van der Waals surface area contributed by atoms with Gasteiger partial charge in [0, 0.05) is 13.5 Å². The monoisotopic (exact) mass is 496 g/mol. The van der Waals surface area contributed by atoms with Crippen LogP contribution in [0, 0.1) is 0 Å². The summed E-state index contributed by atoms with van der Waals surface area (Å²) in [5.41, 5.74) is 0.682. The molecule has 1 fully saturated rings. The summed E-state index contributed by atoms with van der Waals surface area (Å²) in [6.07, 6.45) is 0.246. The summed E-state index contributed by atoms with van der Waals surface area (Å²) in [6.45, 7) is 1.29. The molecule has 156 valence electrons. The van der Waals surface area contributed by atoms with Crippen LogP contribution in [-0.2, 0) is 14.4 Å². The number of carbonyl (C=O) groups is 3. The standard InChI is InChI=1S/C17H15Cl3N2O5S2/c1-9(23)21-15(17(18,19)20)27-11-4-2-10(3-5-11)8-12-14(26)22(16(28)29-12)7-6-13(24)25/h2-5,8,15H,6-7H2,1H3,(H,21,23)(H,24,25)/b12-8-. The molecule has 0 bridgehead atoms. The number of benzene rings is 1. The van der Waals surface area contributed by atoms with Gasteiger partial charge in [-0.05, 0) is 23.8 Å². The van der Waals surface area contributed by atoms with Gasteiger partial charge in [0.05, 0.1) is 11.3 Å². The van der Waals surface area contributed by atoms with Crippen LogP contribution in [0.25, 0.3) is 6.08 Å². The molecular formula is C17H15Cl3N2O5S2. The van der Waals surface area contributed by atoms with Gasteiger partial charge in [-0.25, -0.2) is 0 Å². The molecule has 2 amide bonds. The summed E-state index contributed by atoms with van der Waals surface area (Å²) in [4.78, 5) is 36.0. The highest BCUT2D eigenvalue weighted by Gasteiger charge is 2.35. The van der Waals surface area contributed by atoms with Crippen LogP contribution in [0.3, 0.4) is 0 Å². The number of aliphatic carboxylic acids is 1. The molecule has 1 saturated heterocycles. The van der Waals surface area contributed by atoms with E-state index in [1.165, 1.54) is 11.8 Å². The number of hydrogen-bond donors (Lipinski definition) is 2. The van der Waals surface area contributed by atoms with Gasteiger partial charge < -0.3 is 15.2 Å². The molecule has 2 rings (SSSR count). The Labute approximate surface area is 191 Å². The summed E-state index contributed by atoms with van der Waals surface area (Å²) in [6, 6.07) is 6.51. The minimum absolute atomic E-state index is 0.0195. The van der Waals surface area contributed by atoms with Crippen molar-refractivity contribution >= 4 is 87.0 Å². The molecule has 1 atom stereocenters. The molecule has 7 nitrogen and oxygen atoms in total. The normalized spacial score (nSPS) is 16.8. The van der Waals surface area contributed by atoms with E-state index in [4.69, 9.17) is 56.9 Å². The fourth-order valence-electron chi connectivity index (χ4n) is 2.19. The molecule has 0 saturated carbocycles. The smallest absolute Gasteiger partial charge is 0.305 e. The zero-order valence-electron chi connectivity index (χ0n) is 14.9. The van der Waals surface area contributed by atoms with Crippen molar-refractivity contribution in [1.82, 2.24) is 10.2 Å². The van der Waals surface area contributed by atoms with Crippen LogP contribution in [0.1, 0.15) is 18.9 Å². The number of rotatable bonds is 7. The largest absolute Gasteiger partial charge is 0.481 e. The van der Waals surface area contributed by atoms with Crippen LogP contribution in [0.4, 0.5) is 0 Å². The van der Waals surface area contributed by atoms with E-state index in [-0.39, 0.29) is 18.9 Å². The lowest BCUT2D eigenvalue weighted by atomic mass is 10.2. The first-order valence-electron chi connectivity index (χ1n) is 8.05. The van der Waals surface area contributed by atoms with Gasteiger partial charge >= 0.3 is 5.97 Å². The summed E-state index contributed by atoms with van der Waals surface area (Å²) < 4.78 is 3.95. The molecule has 0 aliphatic carbocycles.